The largest absolute Gasteiger partial charge is 0.494 e. The molecule has 1 saturated heterocycles. The Morgan fingerprint density at radius 1 is 1.28 bits per heavy atom. The Hall–Kier alpha value is -1.22. The summed E-state index contributed by atoms with van der Waals surface area (Å²) < 4.78 is 11.2. The average molecular weight is 249 g/mol. The molecule has 100 valence electrons. The Bertz CT molecular complexity index is 348. The van der Waals surface area contributed by atoms with Crippen LogP contribution in [0.2, 0.25) is 0 Å². The van der Waals surface area contributed by atoms with Crippen LogP contribution >= 0.6 is 0 Å². The molecule has 0 amide bonds. The average Bonchev–Trinajstić information content (AvgIpc) is 2.41. The third-order valence-corrected chi connectivity index (χ3v) is 3.31. The summed E-state index contributed by atoms with van der Waals surface area (Å²) in [4.78, 5) is 0. The first kappa shape index (κ1) is 13.2. The molecule has 1 heterocycles. The number of hydrogen-bond donors (Lipinski definition) is 1. The highest BCUT2D eigenvalue weighted by Crippen LogP contribution is 2.20. The smallest absolute Gasteiger partial charge is 0.122 e. The van der Waals surface area contributed by atoms with Gasteiger partial charge in [-0.05, 0) is 57.3 Å². The van der Waals surface area contributed by atoms with Crippen LogP contribution in [0.3, 0.4) is 0 Å². The van der Waals surface area contributed by atoms with Gasteiger partial charge in [0.25, 0.3) is 0 Å². The van der Waals surface area contributed by atoms with Gasteiger partial charge in [-0.25, -0.2) is 0 Å². The molecule has 0 aliphatic carbocycles. The fraction of sp³-hybridized carbons (Fsp3) is 0.600. The fourth-order valence-corrected chi connectivity index (χ4v) is 2.33. The second-order valence-electron chi connectivity index (χ2n) is 4.76. The topological polar surface area (TPSA) is 30.5 Å². The molecule has 1 aliphatic heterocycles. The molecule has 0 saturated carbocycles. The fourth-order valence-electron chi connectivity index (χ4n) is 2.33. The van der Waals surface area contributed by atoms with Gasteiger partial charge >= 0.3 is 0 Å². The van der Waals surface area contributed by atoms with Gasteiger partial charge in [-0.1, -0.05) is 6.07 Å². The first-order valence-electron chi connectivity index (χ1n) is 6.95. The first-order chi connectivity index (χ1) is 8.88. The molecule has 0 aromatic heterocycles. The zero-order valence-corrected chi connectivity index (χ0v) is 11.2. The van der Waals surface area contributed by atoms with Gasteiger partial charge in [0.05, 0.1) is 13.2 Å². The number of nitrogens with one attached hydrogen (secondary N) is 1. The maximum Gasteiger partial charge on any atom is 0.122 e. The molecule has 1 N–H and O–H groups in total. The van der Waals surface area contributed by atoms with Crippen molar-refractivity contribution in [3.05, 3.63) is 24.3 Å². The van der Waals surface area contributed by atoms with E-state index in [0.29, 0.717) is 6.61 Å². The molecule has 3 heteroatoms. The van der Waals surface area contributed by atoms with Crippen molar-refractivity contribution in [2.75, 3.05) is 26.3 Å². The molecule has 1 aromatic rings. The van der Waals surface area contributed by atoms with Crippen molar-refractivity contribution >= 4 is 0 Å². The summed E-state index contributed by atoms with van der Waals surface area (Å²) in [5, 5.41) is 3.43. The molecule has 1 aliphatic rings. The molecule has 1 aromatic carbocycles. The van der Waals surface area contributed by atoms with Crippen LogP contribution in [-0.2, 0) is 0 Å². The highest BCUT2D eigenvalue weighted by atomic mass is 16.5. The highest BCUT2D eigenvalue weighted by molar-refractivity contribution is 5.32. The van der Waals surface area contributed by atoms with Gasteiger partial charge in [0.15, 0.2) is 0 Å². The Kier molecular flexibility index (Phi) is 5.34. The summed E-state index contributed by atoms with van der Waals surface area (Å²) in [5.74, 6) is 2.56. The minimum Gasteiger partial charge on any atom is -0.494 e. The summed E-state index contributed by atoms with van der Waals surface area (Å²) in [6.07, 6.45) is 3.76. The lowest BCUT2D eigenvalue weighted by molar-refractivity contribution is 0.252. The van der Waals surface area contributed by atoms with Crippen LogP contribution < -0.4 is 14.8 Å². The van der Waals surface area contributed by atoms with E-state index in [-0.39, 0.29) is 0 Å². The van der Waals surface area contributed by atoms with Crippen LogP contribution in [0.15, 0.2) is 24.3 Å². The molecule has 3 nitrogen and oxygen atoms in total. The third kappa shape index (κ3) is 4.22. The monoisotopic (exact) mass is 249 g/mol. The normalized spacial score (nSPS) is 19.5. The van der Waals surface area contributed by atoms with Crippen molar-refractivity contribution in [1.82, 2.24) is 5.32 Å². The predicted molar refractivity (Wildman–Crippen MR) is 73.3 cm³/mol. The molecular weight excluding hydrogens is 226 g/mol. The Labute approximate surface area is 109 Å². The number of rotatable bonds is 6. The standard InChI is InChI=1S/C15H23NO2/c1-2-17-14-6-3-7-15(11-14)18-10-8-13-5-4-9-16-12-13/h3,6-7,11,13,16H,2,4-5,8-10,12H2,1H3/t13-/m1/s1. The summed E-state index contributed by atoms with van der Waals surface area (Å²) in [5.41, 5.74) is 0. The van der Waals surface area contributed by atoms with Crippen molar-refractivity contribution < 1.29 is 9.47 Å². The van der Waals surface area contributed by atoms with Crippen molar-refractivity contribution in [1.29, 1.82) is 0 Å². The van der Waals surface area contributed by atoms with Crippen LogP contribution in [0, 0.1) is 5.92 Å². The summed E-state index contributed by atoms with van der Waals surface area (Å²) in [6.45, 7) is 5.79. The second kappa shape index (κ2) is 7.27. The van der Waals surface area contributed by atoms with Crippen LogP contribution in [0.4, 0.5) is 0 Å². The lowest BCUT2D eigenvalue weighted by Gasteiger charge is -2.22. The van der Waals surface area contributed by atoms with E-state index >= 15 is 0 Å². The number of ether oxygens (including phenoxy) is 2. The third-order valence-electron chi connectivity index (χ3n) is 3.31. The van der Waals surface area contributed by atoms with Crippen LogP contribution in [0.5, 0.6) is 11.5 Å². The van der Waals surface area contributed by atoms with Gasteiger partial charge in [-0.2, -0.15) is 0 Å². The molecule has 2 rings (SSSR count). The van der Waals surface area contributed by atoms with Crippen molar-refractivity contribution in [2.24, 2.45) is 5.92 Å². The summed E-state index contributed by atoms with van der Waals surface area (Å²) in [6, 6.07) is 7.88. The van der Waals surface area contributed by atoms with E-state index < -0.39 is 0 Å². The molecule has 1 fully saturated rings. The van der Waals surface area contributed by atoms with Gasteiger partial charge in [0.2, 0.25) is 0 Å². The van der Waals surface area contributed by atoms with E-state index in [2.05, 4.69) is 5.32 Å². The number of piperidine rings is 1. The van der Waals surface area contributed by atoms with Crippen LogP contribution in [0.25, 0.3) is 0 Å². The minimum atomic E-state index is 0.692. The van der Waals surface area contributed by atoms with E-state index in [0.717, 1.165) is 37.0 Å². The molecule has 0 radical (unpaired) electrons. The van der Waals surface area contributed by atoms with Gasteiger partial charge in [-0.3, -0.25) is 0 Å². The summed E-state index contributed by atoms with van der Waals surface area (Å²) >= 11 is 0. The zero-order chi connectivity index (χ0) is 12.6. The van der Waals surface area contributed by atoms with E-state index in [9.17, 15) is 0 Å². The Balaban J connectivity index is 1.73. The molecular formula is C15H23NO2. The van der Waals surface area contributed by atoms with Crippen molar-refractivity contribution in [3.63, 3.8) is 0 Å². The predicted octanol–water partition coefficient (Wildman–Crippen LogP) is 2.85. The zero-order valence-electron chi connectivity index (χ0n) is 11.2. The minimum absolute atomic E-state index is 0.692. The maximum absolute atomic E-state index is 5.79. The molecule has 0 unspecified atom stereocenters. The van der Waals surface area contributed by atoms with E-state index in [4.69, 9.17) is 9.47 Å². The van der Waals surface area contributed by atoms with Crippen molar-refractivity contribution in [2.45, 2.75) is 26.2 Å². The Morgan fingerprint density at radius 2 is 2.11 bits per heavy atom. The van der Waals surface area contributed by atoms with Gasteiger partial charge in [0.1, 0.15) is 11.5 Å². The molecule has 0 spiro atoms. The lowest BCUT2D eigenvalue weighted by Crippen LogP contribution is -2.30. The van der Waals surface area contributed by atoms with Gasteiger partial charge < -0.3 is 14.8 Å². The lowest BCUT2D eigenvalue weighted by atomic mass is 9.97. The van der Waals surface area contributed by atoms with Crippen LogP contribution in [0.1, 0.15) is 26.2 Å². The molecule has 0 bridgehead atoms. The number of benzene rings is 1. The SMILES string of the molecule is CCOc1cccc(OCC[C@H]2CCCNC2)c1. The molecule has 18 heavy (non-hydrogen) atoms. The highest BCUT2D eigenvalue weighted by Gasteiger charge is 2.12. The maximum atomic E-state index is 5.79. The summed E-state index contributed by atoms with van der Waals surface area (Å²) in [7, 11) is 0. The van der Waals surface area contributed by atoms with Crippen LogP contribution in [-0.4, -0.2) is 26.3 Å². The van der Waals surface area contributed by atoms with E-state index in [1.165, 1.54) is 19.4 Å². The van der Waals surface area contributed by atoms with Crippen molar-refractivity contribution in [3.8, 4) is 11.5 Å². The second-order valence-corrected chi connectivity index (χ2v) is 4.76. The van der Waals surface area contributed by atoms with E-state index in [1.54, 1.807) is 0 Å². The molecule has 1 atom stereocenters. The van der Waals surface area contributed by atoms with Gasteiger partial charge in [0, 0.05) is 6.07 Å². The Morgan fingerprint density at radius 3 is 2.83 bits per heavy atom. The van der Waals surface area contributed by atoms with E-state index in [1.807, 2.05) is 31.2 Å². The number of hydrogen-bond acceptors (Lipinski definition) is 3. The first-order valence-corrected chi connectivity index (χ1v) is 6.95. The van der Waals surface area contributed by atoms with Gasteiger partial charge in [-0.15, -0.1) is 0 Å². The quantitative estimate of drug-likeness (QED) is 0.841.